The monoisotopic (exact) mass is 401 g/mol. The van der Waals surface area contributed by atoms with E-state index in [1.807, 2.05) is 18.2 Å². The Morgan fingerprint density at radius 3 is 2.69 bits per heavy atom. The summed E-state index contributed by atoms with van der Waals surface area (Å²) < 4.78 is 16.5. The molecule has 1 aliphatic heterocycles. The zero-order chi connectivity index (χ0) is 20.8. The molecule has 0 saturated heterocycles. The van der Waals surface area contributed by atoms with Gasteiger partial charge in [-0.3, -0.25) is 4.79 Å². The Kier molecular flexibility index (Phi) is 7.18. The first kappa shape index (κ1) is 21.2. The van der Waals surface area contributed by atoms with Gasteiger partial charge in [0.1, 0.15) is 0 Å². The zero-order valence-corrected chi connectivity index (χ0v) is 17.5. The Hall–Kier alpha value is -2.50. The van der Waals surface area contributed by atoms with Gasteiger partial charge in [0.2, 0.25) is 0 Å². The summed E-state index contributed by atoms with van der Waals surface area (Å²) in [5.41, 5.74) is 0.799. The fourth-order valence-corrected chi connectivity index (χ4v) is 3.80. The van der Waals surface area contributed by atoms with E-state index >= 15 is 0 Å². The lowest BCUT2D eigenvalue weighted by molar-refractivity contribution is -0.150. The molecule has 2 aliphatic rings. The van der Waals surface area contributed by atoms with Crippen LogP contribution in [0.25, 0.3) is 6.08 Å². The highest BCUT2D eigenvalue weighted by Gasteiger charge is 2.29. The van der Waals surface area contributed by atoms with Gasteiger partial charge in [0.25, 0.3) is 5.91 Å². The molecule has 4 atom stereocenters. The molecule has 1 amide bonds. The summed E-state index contributed by atoms with van der Waals surface area (Å²) in [6.45, 7) is 7.23. The number of fused-ring (bicyclic) bond motifs is 1. The third-order valence-corrected chi connectivity index (χ3v) is 5.88. The molecule has 0 aromatic heterocycles. The second kappa shape index (κ2) is 9.81. The molecular formula is C23H31NO5. The number of carbonyl (C=O) groups excluding carboxylic acids is 2. The molecule has 29 heavy (non-hydrogen) atoms. The molecule has 1 aliphatic carbocycles. The molecule has 1 N–H and O–H groups in total. The Balaban J connectivity index is 1.51. The van der Waals surface area contributed by atoms with Crippen molar-refractivity contribution in [3.8, 4) is 11.5 Å². The number of benzene rings is 1. The minimum Gasteiger partial charge on any atom is -0.490 e. The number of hydrogen-bond acceptors (Lipinski definition) is 5. The quantitative estimate of drug-likeness (QED) is 0.601. The summed E-state index contributed by atoms with van der Waals surface area (Å²) in [6, 6.07) is 5.64. The Morgan fingerprint density at radius 2 is 1.90 bits per heavy atom. The molecule has 1 heterocycles. The number of esters is 1. The summed E-state index contributed by atoms with van der Waals surface area (Å²) in [4.78, 5) is 24.6. The largest absolute Gasteiger partial charge is 0.490 e. The lowest BCUT2D eigenvalue weighted by atomic mass is 9.78. The van der Waals surface area contributed by atoms with Crippen molar-refractivity contribution in [2.45, 2.75) is 58.6 Å². The van der Waals surface area contributed by atoms with Crippen LogP contribution < -0.4 is 14.8 Å². The van der Waals surface area contributed by atoms with Crippen molar-refractivity contribution in [1.82, 2.24) is 5.32 Å². The van der Waals surface area contributed by atoms with Gasteiger partial charge in [-0.2, -0.15) is 0 Å². The van der Waals surface area contributed by atoms with Gasteiger partial charge < -0.3 is 19.5 Å². The number of carbonyl (C=O) groups is 2. The van der Waals surface area contributed by atoms with Crippen LogP contribution in [0.2, 0.25) is 0 Å². The summed E-state index contributed by atoms with van der Waals surface area (Å²) in [7, 11) is 0. The maximum atomic E-state index is 12.4. The average molecular weight is 402 g/mol. The van der Waals surface area contributed by atoms with E-state index in [0.29, 0.717) is 36.5 Å². The van der Waals surface area contributed by atoms with Gasteiger partial charge in [0.15, 0.2) is 17.6 Å². The lowest BCUT2D eigenvalue weighted by Gasteiger charge is -2.35. The Morgan fingerprint density at radius 1 is 1.14 bits per heavy atom. The van der Waals surface area contributed by atoms with Gasteiger partial charge in [-0.15, -0.1) is 0 Å². The van der Waals surface area contributed by atoms with Gasteiger partial charge in [-0.1, -0.05) is 32.8 Å². The minimum atomic E-state index is -0.833. The predicted octanol–water partition coefficient (Wildman–Crippen LogP) is 3.73. The normalized spacial score (nSPS) is 25.1. The summed E-state index contributed by atoms with van der Waals surface area (Å²) in [5.74, 6) is 1.60. The Labute approximate surface area is 172 Å². The van der Waals surface area contributed by atoms with Crippen molar-refractivity contribution in [3.05, 3.63) is 29.8 Å². The average Bonchev–Trinajstić information content (AvgIpc) is 2.94. The van der Waals surface area contributed by atoms with Crippen LogP contribution >= 0.6 is 0 Å². The van der Waals surface area contributed by atoms with E-state index in [1.165, 1.54) is 12.5 Å². The highest BCUT2D eigenvalue weighted by atomic mass is 16.5. The molecule has 3 rings (SSSR count). The van der Waals surface area contributed by atoms with Crippen LogP contribution in [0, 0.1) is 11.8 Å². The van der Waals surface area contributed by atoms with E-state index in [0.717, 1.165) is 24.8 Å². The Bertz CT molecular complexity index is 760. The molecule has 1 aromatic rings. The lowest BCUT2D eigenvalue weighted by Crippen LogP contribution is -2.47. The van der Waals surface area contributed by atoms with E-state index in [2.05, 4.69) is 19.2 Å². The number of amides is 1. The smallest absolute Gasteiger partial charge is 0.331 e. The van der Waals surface area contributed by atoms with E-state index in [9.17, 15) is 9.59 Å². The number of hydrogen-bond donors (Lipinski definition) is 1. The summed E-state index contributed by atoms with van der Waals surface area (Å²) >= 11 is 0. The van der Waals surface area contributed by atoms with Gasteiger partial charge in [-0.05, 0) is 49.0 Å². The van der Waals surface area contributed by atoms with Gasteiger partial charge >= 0.3 is 5.97 Å². The SMILES string of the molecule is C[C@H]1[C@@H](NC(=O)[C@@H](C)OC(=O)/C=C/c2ccc3c(c2)OCCCO3)CCC[C@@H]1C. The third-order valence-electron chi connectivity index (χ3n) is 5.88. The van der Waals surface area contributed by atoms with Crippen LogP contribution in [0.15, 0.2) is 24.3 Å². The topological polar surface area (TPSA) is 73.9 Å². The second-order valence-electron chi connectivity index (χ2n) is 8.05. The van der Waals surface area contributed by atoms with Crippen molar-refractivity contribution >= 4 is 18.0 Å². The second-order valence-corrected chi connectivity index (χ2v) is 8.05. The molecule has 1 saturated carbocycles. The van der Waals surface area contributed by atoms with Crippen LogP contribution in [-0.4, -0.2) is 37.2 Å². The minimum absolute atomic E-state index is 0.143. The first-order valence-corrected chi connectivity index (χ1v) is 10.5. The molecule has 6 nitrogen and oxygen atoms in total. The van der Waals surface area contributed by atoms with Crippen molar-refractivity contribution in [1.29, 1.82) is 0 Å². The van der Waals surface area contributed by atoms with Gasteiger partial charge in [0.05, 0.1) is 13.2 Å². The fraction of sp³-hybridized carbons (Fsp3) is 0.565. The summed E-state index contributed by atoms with van der Waals surface area (Å²) in [6.07, 6.45) is 6.26. The van der Waals surface area contributed by atoms with Crippen LogP contribution in [0.1, 0.15) is 52.0 Å². The van der Waals surface area contributed by atoms with Gasteiger partial charge in [0, 0.05) is 18.5 Å². The maximum Gasteiger partial charge on any atom is 0.331 e. The highest BCUT2D eigenvalue weighted by Crippen LogP contribution is 2.31. The molecular weight excluding hydrogens is 370 g/mol. The third kappa shape index (κ3) is 5.75. The number of nitrogens with one attached hydrogen (secondary N) is 1. The van der Waals surface area contributed by atoms with E-state index in [4.69, 9.17) is 14.2 Å². The van der Waals surface area contributed by atoms with Crippen LogP contribution in [0.4, 0.5) is 0 Å². The standard InChI is InChI=1S/C23H31NO5/c1-15-6-4-7-19(16(15)2)24-23(26)17(3)29-22(25)11-9-18-8-10-20-21(14-18)28-13-5-12-27-20/h8-11,14-17,19H,4-7,12-13H2,1-3H3,(H,24,26)/b11-9+/t15-,16+,17+,19-/m0/s1. The van der Waals surface area contributed by atoms with Crippen molar-refractivity contribution in [2.24, 2.45) is 11.8 Å². The van der Waals surface area contributed by atoms with Crippen LogP contribution in [0.3, 0.4) is 0 Å². The van der Waals surface area contributed by atoms with E-state index < -0.39 is 12.1 Å². The first-order valence-electron chi connectivity index (χ1n) is 10.5. The molecule has 0 unspecified atom stereocenters. The summed E-state index contributed by atoms with van der Waals surface area (Å²) in [5, 5.41) is 3.05. The van der Waals surface area contributed by atoms with Crippen LogP contribution in [-0.2, 0) is 14.3 Å². The molecule has 1 fully saturated rings. The van der Waals surface area contributed by atoms with Crippen LogP contribution in [0.5, 0.6) is 11.5 Å². The van der Waals surface area contributed by atoms with Gasteiger partial charge in [-0.25, -0.2) is 4.79 Å². The molecule has 0 spiro atoms. The first-order chi connectivity index (χ1) is 13.9. The zero-order valence-electron chi connectivity index (χ0n) is 17.5. The molecule has 158 valence electrons. The molecule has 1 aromatic carbocycles. The fourth-order valence-electron chi connectivity index (χ4n) is 3.80. The number of rotatable bonds is 5. The van der Waals surface area contributed by atoms with Crippen molar-refractivity contribution in [3.63, 3.8) is 0 Å². The number of ether oxygens (including phenoxy) is 3. The molecule has 6 heteroatoms. The van der Waals surface area contributed by atoms with Crippen molar-refractivity contribution in [2.75, 3.05) is 13.2 Å². The maximum absolute atomic E-state index is 12.4. The van der Waals surface area contributed by atoms with E-state index in [-0.39, 0.29) is 11.9 Å². The highest BCUT2D eigenvalue weighted by molar-refractivity contribution is 5.90. The predicted molar refractivity (Wildman–Crippen MR) is 111 cm³/mol. The van der Waals surface area contributed by atoms with Crippen molar-refractivity contribution < 1.29 is 23.8 Å². The molecule has 0 bridgehead atoms. The molecule has 0 radical (unpaired) electrons. The van der Waals surface area contributed by atoms with E-state index in [1.54, 1.807) is 13.0 Å².